The summed E-state index contributed by atoms with van der Waals surface area (Å²) in [5.41, 5.74) is 8.71. The standard InChI is InChI=1S/C16H14BrN3O/c17-14-6-2-3-11(8-14)9-15-19-16(21-20-15)13-5-1-4-12(7-13)10-18/h1-8H,9-10,18H2. The van der Waals surface area contributed by atoms with Gasteiger partial charge in [-0.3, -0.25) is 0 Å². The second-order valence-corrected chi connectivity index (χ2v) is 5.64. The quantitative estimate of drug-likeness (QED) is 0.786. The third kappa shape index (κ3) is 3.37. The molecule has 0 saturated heterocycles. The maximum Gasteiger partial charge on any atom is 0.257 e. The molecule has 0 aliphatic carbocycles. The van der Waals surface area contributed by atoms with E-state index >= 15 is 0 Å². The van der Waals surface area contributed by atoms with E-state index in [1.54, 1.807) is 0 Å². The molecule has 5 heteroatoms. The van der Waals surface area contributed by atoms with Gasteiger partial charge in [-0.25, -0.2) is 0 Å². The minimum atomic E-state index is 0.493. The molecular formula is C16H14BrN3O. The van der Waals surface area contributed by atoms with Gasteiger partial charge in [0, 0.05) is 23.0 Å². The van der Waals surface area contributed by atoms with E-state index in [4.69, 9.17) is 10.3 Å². The molecule has 0 radical (unpaired) electrons. The fourth-order valence-electron chi connectivity index (χ4n) is 2.10. The first kappa shape index (κ1) is 14.0. The molecule has 0 aliphatic heterocycles. The lowest BCUT2D eigenvalue weighted by Gasteiger charge is -1.98. The number of hydrogen-bond acceptors (Lipinski definition) is 4. The second kappa shape index (κ2) is 6.20. The minimum absolute atomic E-state index is 0.493. The number of aromatic nitrogens is 2. The van der Waals surface area contributed by atoms with Crippen LogP contribution >= 0.6 is 15.9 Å². The van der Waals surface area contributed by atoms with Gasteiger partial charge in [0.15, 0.2) is 5.82 Å². The number of nitrogens with two attached hydrogens (primary N) is 1. The van der Waals surface area contributed by atoms with Gasteiger partial charge in [-0.1, -0.05) is 45.4 Å². The van der Waals surface area contributed by atoms with Gasteiger partial charge in [0.1, 0.15) is 0 Å². The summed E-state index contributed by atoms with van der Waals surface area (Å²) >= 11 is 3.46. The molecule has 0 aliphatic rings. The summed E-state index contributed by atoms with van der Waals surface area (Å²) in [7, 11) is 0. The SMILES string of the molecule is NCc1cccc(-c2nc(Cc3cccc(Br)c3)no2)c1. The Hall–Kier alpha value is -1.98. The molecule has 0 atom stereocenters. The van der Waals surface area contributed by atoms with Crippen molar-refractivity contribution in [2.75, 3.05) is 0 Å². The van der Waals surface area contributed by atoms with E-state index in [2.05, 4.69) is 26.1 Å². The molecule has 3 aromatic rings. The Kier molecular flexibility index (Phi) is 4.13. The van der Waals surface area contributed by atoms with Crippen molar-refractivity contribution in [2.45, 2.75) is 13.0 Å². The molecule has 0 spiro atoms. The number of halogens is 1. The summed E-state index contributed by atoms with van der Waals surface area (Å²) in [4.78, 5) is 4.45. The van der Waals surface area contributed by atoms with Gasteiger partial charge in [-0.2, -0.15) is 4.98 Å². The zero-order valence-corrected chi connectivity index (χ0v) is 12.9. The highest BCUT2D eigenvalue weighted by Crippen LogP contribution is 2.20. The van der Waals surface area contributed by atoms with Crippen LogP contribution in [0, 0.1) is 0 Å². The molecule has 2 aromatic carbocycles. The molecule has 21 heavy (non-hydrogen) atoms. The number of nitrogens with zero attached hydrogens (tertiary/aromatic N) is 2. The van der Waals surface area contributed by atoms with Gasteiger partial charge in [-0.05, 0) is 35.4 Å². The molecule has 106 valence electrons. The number of benzene rings is 2. The van der Waals surface area contributed by atoms with Crippen LogP contribution in [0.5, 0.6) is 0 Å². The number of hydrogen-bond donors (Lipinski definition) is 1. The molecule has 0 fully saturated rings. The molecule has 4 nitrogen and oxygen atoms in total. The zero-order chi connectivity index (χ0) is 14.7. The van der Waals surface area contributed by atoms with Gasteiger partial charge in [0.05, 0.1) is 0 Å². The van der Waals surface area contributed by atoms with Crippen LogP contribution in [0.25, 0.3) is 11.5 Å². The summed E-state index contributed by atoms with van der Waals surface area (Å²) in [6, 6.07) is 15.9. The van der Waals surface area contributed by atoms with Gasteiger partial charge in [-0.15, -0.1) is 0 Å². The molecule has 3 rings (SSSR count). The molecule has 2 N–H and O–H groups in total. The van der Waals surface area contributed by atoms with Crippen LogP contribution in [-0.2, 0) is 13.0 Å². The normalized spacial score (nSPS) is 10.8. The van der Waals surface area contributed by atoms with Crippen molar-refractivity contribution in [3.05, 3.63) is 70.0 Å². The first-order chi connectivity index (χ1) is 10.2. The fourth-order valence-corrected chi connectivity index (χ4v) is 2.55. The predicted octanol–water partition coefficient (Wildman–Crippen LogP) is 3.55. The van der Waals surface area contributed by atoms with E-state index < -0.39 is 0 Å². The van der Waals surface area contributed by atoms with E-state index in [-0.39, 0.29) is 0 Å². The molecule has 1 heterocycles. The maximum absolute atomic E-state index is 5.65. The van der Waals surface area contributed by atoms with Crippen LogP contribution in [0.1, 0.15) is 17.0 Å². The lowest BCUT2D eigenvalue weighted by Crippen LogP contribution is -1.95. The lowest BCUT2D eigenvalue weighted by atomic mass is 10.1. The van der Waals surface area contributed by atoms with Crippen LogP contribution in [-0.4, -0.2) is 10.1 Å². The van der Waals surface area contributed by atoms with Gasteiger partial charge < -0.3 is 10.3 Å². The van der Waals surface area contributed by atoms with Crippen LogP contribution in [0.2, 0.25) is 0 Å². The Bertz CT molecular complexity index is 755. The van der Waals surface area contributed by atoms with Gasteiger partial charge >= 0.3 is 0 Å². The Labute approximate surface area is 131 Å². The summed E-state index contributed by atoms with van der Waals surface area (Å²) in [6.07, 6.45) is 0.638. The average Bonchev–Trinajstić information content (AvgIpc) is 2.96. The van der Waals surface area contributed by atoms with Crippen molar-refractivity contribution in [3.63, 3.8) is 0 Å². The highest BCUT2D eigenvalue weighted by molar-refractivity contribution is 9.10. The predicted molar refractivity (Wildman–Crippen MR) is 84.6 cm³/mol. The van der Waals surface area contributed by atoms with Crippen molar-refractivity contribution in [3.8, 4) is 11.5 Å². The Morgan fingerprint density at radius 3 is 2.67 bits per heavy atom. The van der Waals surface area contributed by atoms with Crippen LogP contribution in [0.4, 0.5) is 0 Å². The molecule has 0 saturated carbocycles. The van der Waals surface area contributed by atoms with E-state index in [1.807, 2.05) is 48.5 Å². The Morgan fingerprint density at radius 2 is 1.86 bits per heavy atom. The van der Waals surface area contributed by atoms with Crippen molar-refractivity contribution < 1.29 is 4.52 Å². The van der Waals surface area contributed by atoms with Gasteiger partial charge in [0.2, 0.25) is 0 Å². The third-order valence-corrected chi connectivity index (χ3v) is 3.62. The van der Waals surface area contributed by atoms with Crippen molar-refractivity contribution in [1.82, 2.24) is 10.1 Å². The summed E-state index contributed by atoms with van der Waals surface area (Å²) in [5.74, 6) is 1.19. The van der Waals surface area contributed by atoms with E-state index in [1.165, 1.54) is 0 Å². The molecule has 0 unspecified atom stereocenters. The van der Waals surface area contributed by atoms with E-state index in [0.29, 0.717) is 24.7 Å². The van der Waals surface area contributed by atoms with Crippen LogP contribution < -0.4 is 5.73 Å². The highest BCUT2D eigenvalue weighted by atomic mass is 79.9. The maximum atomic E-state index is 5.65. The molecule has 0 amide bonds. The summed E-state index contributed by atoms with van der Waals surface area (Å²) < 4.78 is 6.38. The molecule has 1 aromatic heterocycles. The van der Waals surface area contributed by atoms with Crippen molar-refractivity contribution >= 4 is 15.9 Å². The summed E-state index contributed by atoms with van der Waals surface area (Å²) in [6.45, 7) is 0.493. The van der Waals surface area contributed by atoms with Crippen LogP contribution in [0.3, 0.4) is 0 Å². The van der Waals surface area contributed by atoms with Crippen molar-refractivity contribution in [1.29, 1.82) is 0 Å². The monoisotopic (exact) mass is 343 g/mol. The average molecular weight is 344 g/mol. The Morgan fingerprint density at radius 1 is 1.05 bits per heavy atom. The van der Waals surface area contributed by atoms with Crippen molar-refractivity contribution in [2.24, 2.45) is 5.73 Å². The molecular weight excluding hydrogens is 330 g/mol. The second-order valence-electron chi connectivity index (χ2n) is 4.73. The highest BCUT2D eigenvalue weighted by Gasteiger charge is 2.10. The smallest absolute Gasteiger partial charge is 0.257 e. The fraction of sp³-hybridized carbons (Fsp3) is 0.125. The van der Waals surface area contributed by atoms with Crippen LogP contribution in [0.15, 0.2) is 57.5 Å². The topological polar surface area (TPSA) is 64.9 Å². The molecule has 0 bridgehead atoms. The first-order valence-electron chi connectivity index (χ1n) is 6.61. The van der Waals surface area contributed by atoms with E-state index in [0.717, 1.165) is 21.2 Å². The lowest BCUT2D eigenvalue weighted by molar-refractivity contribution is 0.424. The van der Waals surface area contributed by atoms with E-state index in [9.17, 15) is 0 Å². The van der Waals surface area contributed by atoms with Gasteiger partial charge in [0.25, 0.3) is 5.89 Å². The minimum Gasteiger partial charge on any atom is -0.334 e. The largest absolute Gasteiger partial charge is 0.334 e. The summed E-state index contributed by atoms with van der Waals surface area (Å²) in [5, 5.41) is 4.04. The zero-order valence-electron chi connectivity index (χ0n) is 11.3. The number of rotatable bonds is 4. The Balaban J connectivity index is 1.82. The first-order valence-corrected chi connectivity index (χ1v) is 7.40. The third-order valence-electron chi connectivity index (χ3n) is 3.13.